The van der Waals surface area contributed by atoms with Gasteiger partial charge in [0.1, 0.15) is 18.2 Å². The smallest absolute Gasteiger partial charge is 0.231 e. The molecule has 2 aliphatic rings. The highest BCUT2D eigenvalue weighted by Crippen LogP contribution is 2.43. The van der Waals surface area contributed by atoms with Gasteiger partial charge in [-0.25, -0.2) is 0 Å². The summed E-state index contributed by atoms with van der Waals surface area (Å²) in [7, 11) is 0. The summed E-state index contributed by atoms with van der Waals surface area (Å²) in [5, 5.41) is 0. The van der Waals surface area contributed by atoms with Crippen molar-refractivity contribution < 1.29 is 14.3 Å². The lowest BCUT2D eigenvalue weighted by Gasteiger charge is -2.32. The third-order valence-electron chi connectivity index (χ3n) is 5.77. The first-order chi connectivity index (χ1) is 13.6. The van der Waals surface area contributed by atoms with Crippen molar-refractivity contribution in [1.82, 2.24) is 4.90 Å². The number of ether oxygens (including phenoxy) is 2. The summed E-state index contributed by atoms with van der Waals surface area (Å²) in [6.45, 7) is 14.2. The van der Waals surface area contributed by atoms with Crippen LogP contribution in [0.3, 0.4) is 0 Å². The Labute approximate surface area is 173 Å². The number of allylic oxidation sites excluding steroid dienone is 1. The van der Waals surface area contributed by atoms with Gasteiger partial charge in [-0.3, -0.25) is 9.69 Å². The van der Waals surface area contributed by atoms with E-state index in [0.29, 0.717) is 29.8 Å². The monoisotopic (exact) mass is 391 g/mol. The van der Waals surface area contributed by atoms with Crippen LogP contribution in [0.25, 0.3) is 6.08 Å². The van der Waals surface area contributed by atoms with Gasteiger partial charge in [0.15, 0.2) is 5.76 Å². The third-order valence-corrected chi connectivity index (χ3v) is 5.77. The number of carbonyl (C=O) groups is 1. The molecule has 29 heavy (non-hydrogen) atoms. The van der Waals surface area contributed by atoms with Gasteiger partial charge in [0.25, 0.3) is 0 Å². The Morgan fingerprint density at radius 3 is 2.41 bits per heavy atom. The molecular weight excluding hydrogens is 362 g/mol. The van der Waals surface area contributed by atoms with Crippen LogP contribution in [0.5, 0.6) is 11.5 Å². The molecule has 4 rings (SSSR count). The molecule has 2 aromatic rings. The number of hydrogen-bond donors (Lipinski definition) is 0. The van der Waals surface area contributed by atoms with Gasteiger partial charge in [-0.05, 0) is 49.5 Å². The molecule has 2 heterocycles. The Balaban J connectivity index is 1.65. The average molecular weight is 392 g/mol. The molecule has 0 aromatic heterocycles. The molecule has 4 nitrogen and oxygen atoms in total. The molecule has 2 aliphatic heterocycles. The molecule has 0 saturated carbocycles. The third kappa shape index (κ3) is 3.58. The van der Waals surface area contributed by atoms with E-state index in [1.54, 1.807) is 0 Å². The minimum atomic E-state index is -0.0625. The summed E-state index contributed by atoms with van der Waals surface area (Å²) >= 11 is 0. The standard InChI is InChI=1S/C25H29NO3/c1-15(2)26-13-18-12-20-22(27)21(29-24(20)16(3)23(18)28-14-26)11-17-7-9-19(10-8-17)25(4,5)6/h7-12,15H,13-14H2,1-6H3/b21-11-. The maximum absolute atomic E-state index is 13.0. The summed E-state index contributed by atoms with van der Waals surface area (Å²) in [4.78, 5) is 15.3. The van der Waals surface area contributed by atoms with Crippen LogP contribution < -0.4 is 9.47 Å². The van der Waals surface area contributed by atoms with Gasteiger partial charge >= 0.3 is 0 Å². The fraction of sp³-hybridized carbons (Fsp3) is 0.400. The normalized spacial score (nSPS) is 17.9. The van der Waals surface area contributed by atoms with Gasteiger partial charge in [0, 0.05) is 23.7 Å². The molecule has 0 amide bonds. The molecule has 0 fully saturated rings. The van der Waals surface area contributed by atoms with Crippen molar-refractivity contribution >= 4 is 11.9 Å². The zero-order valence-corrected chi connectivity index (χ0v) is 18.1. The van der Waals surface area contributed by atoms with Crippen LogP contribution in [0.15, 0.2) is 36.1 Å². The van der Waals surface area contributed by atoms with Gasteiger partial charge < -0.3 is 9.47 Å². The molecule has 152 valence electrons. The molecule has 0 atom stereocenters. The van der Waals surface area contributed by atoms with Gasteiger partial charge in [-0.15, -0.1) is 0 Å². The van der Waals surface area contributed by atoms with E-state index < -0.39 is 0 Å². The fourth-order valence-electron chi connectivity index (χ4n) is 3.83. The predicted molar refractivity (Wildman–Crippen MR) is 115 cm³/mol. The lowest BCUT2D eigenvalue weighted by atomic mass is 9.86. The number of ketones is 1. The van der Waals surface area contributed by atoms with E-state index in [-0.39, 0.29) is 11.2 Å². The summed E-state index contributed by atoms with van der Waals surface area (Å²) < 4.78 is 12.0. The van der Waals surface area contributed by atoms with Crippen molar-refractivity contribution in [2.24, 2.45) is 0 Å². The molecule has 0 N–H and O–H groups in total. The summed E-state index contributed by atoms with van der Waals surface area (Å²) in [6.07, 6.45) is 1.83. The highest BCUT2D eigenvalue weighted by molar-refractivity contribution is 6.15. The second-order valence-electron chi connectivity index (χ2n) is 9.29. The second kappa shape index (κ2) is 7.03. The van der Waals surface area contributed by atoms with E-state index in [2.05, 4.69) is 51.7 Å². The van der Waals surface area contributed by atoms with Crippen molar-refractivity contribution in [2.75, 3.05) is 6.73 Å². The van der Waals surface area contributed by atoms with Crippen LogP contribution in [0, 0.1) is 6.92 Å². The summed E-state index contributed by atoms with van der Waals surface area (Å²) in [6, 6.07) is 10.6. The Morgan fingerprint density at radius 2 is 1.79 bits per heavy atom. The number of rotatable bonds is 2. The van der Waals surface area contributed by atoms with Gasteiger partial charge in [0.05, 0.1) is 5.56 Å². The lowest BCUT2D eigenvalue weighted by Crippen LogP contribution is -2.37. The first-order valence-corrected chi connectivity index (χ1v) is 10.2. The molecule has 4 heteroatoms. The minimum absolute atomic E-state index is 0.0625. The van der Waals surface area contributed by atoms with Crippen LogP contribution in [0.1, 0.15) is 67.2 Å². The topological polar surface area (TPSA) is 38.8 Å². The largest absolute Gasteiger partial charge is 0.477 e. The Morgan fingerprint density at radius 1 is 1.10 bits per heavy atom. The van der Waals surface area contributed by atoms with E-state index in [1.807, 2.05) is 31.2 Å². The number of Topliss-reactive ketones (excluding diaryl/α,β-unsaturated/α-hetero) is 1. The highest BCUT2D eigenvalue weighted by atomic mass is 16.5. The van der Waals surface area contributed by atoms with Gasteiger partial charge in [-0.2, -0.15) is 0 Å². The lowest BCUT2D eigenvalue weighted by molar-refractivity contribution is 0.0678. The number of benzene rings is 2. The zero-order chi connectivity index (χ0) is 20.9. The number of hydrogen-bond acceptors (Lipinski definition) is 4. The first kappa shape index (κ1) is 19.7. The maximum Gasteiger partial charge on any atom is 0.231 e. The molecule has 0 spiro atoms. The zero-order valence-electron chi connectivity index (χ0n) is 18.1. The van der Waals surface area contributed by atoms with Crippen molar-refractivity contribution in [3.8, 4) is 11.5 Å². The molecular formula is C25H29NO3. The van der Waals surface area contributed by atoms with Gasteiger partial charge in [-0.1, -0.05) is 45.0 Å². The number of fused-ring (bicyclic) bond motifs is 2. The van der Waals surface area contributed by atoms with E-state index in [0.717, 1.165) is 29.0 Å². The van der Waals surface area contributed by atoms with E-state index in [9.17, 15) is 4.79 Å². The SMILES string of the molecule is Cc1c2c(cc3c1O/C(=C\c1ccc(C(C)(C)C)cc1)C3=O)CN(C(C)C)CO2. The predicted octanol–water partition coefficient (Wildman–Crippen LogP) is 5.47. The first-order valence-electron chi connectivity index (χ1n) is 10.2. The van der Waals surface area contributed by atoms with Crippen molar-refractivity contribution in [2.45, 2.75) is 59.5 Å². The van der Waals surface area contributed by atoms with Crippen LogP contribution in [0.4, 0.5) is 0 Å². The van der Waals surface area contributed by atoms with Gasteiger partial charge in [0.2, 0.25) is 5.78 Å². The van der Waals surface area contributed by atoms with Crippen molar-refractivity contribution in [3.05, 3.63) is 63.9 Å². The van der Waals surface area contributed by atoms with Crippen LogP contribution in [0.2, 0.25) is 0 Å². The van der Waals surface area contributed by atoms with Crippen LogP contribution >= 0.6 is 0 Å². The Bertz CT molecular complexity index is 994. The van der Waals surface area contributed by atoms with Crippen molar-refractivity contribution in [3.63, 3.8) is 0 Å². The molecule has 2 aromatic carbocycles. The van der Waals surface area contributed by atoms with Crippen LogP contribution in [-0.2, 0) is 12.0 Å². The highest BCUT2D eigenvalue weighted by Gasteiger charge is 2.33. The quantitative estimate of drug-likeness (QED) is 0.637. The van der Waals surface area contributed by atoms with E-state index >= 15 is 0 Å². The molecule has 0 radical (unpaired) electrons. The second-order valence-corrected chi connectivity index (χ2v) is 9.29. The Kier molecular flexibility index (Phi) is 4.78. The van der Waals surface area contributed by atoms with Crippen molar-refractivity contribution in [1.29, 1.82) is 0 Å². The maximum atomic E-state index is 13.0. The van der Waals surface area contributed by atoms with E-state index in [4.69, 9.17) is 9.47 Å². The molecule has 0 aliphatic carbocycles. The summed E-state index contributed by atoms with van der Waals surface area (Å²) in [5.74, 6) is 1.79. The van der Waals surface area contributed by atoms with Crippen LogP contribution in [-0.4, -0.2) is 23.5 Å². The summed E-state index contributed by atoms with van der Waals surface area (Å²) in [5.41, 5.74) is 4.90. The molecule has 0 saturated heterocycles. The van der Waals surface area contributed by atoms with E-state index in [1.165, 1.54) is 5.56 Å². The average Bonchev–Trinajstić information content (AvgIpc) is 2.97. The number of nitrogens with zero attached hydrogens (tertiary/aromatic N) is 1. The minimum Gasteiger partial charge on any atom is -0.477 e. The molecule has 0 bridgehead atoms. The molecule has 0 unspecified atom stereocenters. The fourth-order valence-corrected chi connectivity index (χ4v) is 3.83. The number of carbonyl (C=O) groups excluding carboxylic acids is 1. The Hall–Kier alpha value is -2.59.